The summed E-state index contributed by atoms with van der Waals surface area (Å²) in [6.07, 6.45) is -2.74. The van der Waals surface area contributed by atoms with Crippen molar-refractivity contribution in [2.45, 2.75) is 6.43 Å². The molecule has 0 saturated heterocycles. The van der Waals surface area contributed by atoms with E-state index >= 15 is 0 Å². The predicted molar refractivity (Wildman–Crippen MR) is 49.6 cm³/mol. The summed E-state index contributed by atoms with van der Waals surface area (Å²) in [5, 5.41) is 0. The molecule has 0 atom stereocenters. The second-order valence-corrected chi connectivity index (χ2v) is 3.95. The minimum atomic E-state index is -2.74. The van der Waals surface area contributed by atoms with E-state index in [1.807, 2.05) is 0 Å². The first-order valence-electron chi connectivity index (χ1n) is 2.82. The van der Waals surface area contributed by atoms with Crippen LogP contribution in [0.25, 0.3) is 0 Å². The predicted octanol–water partition coefficient (Wildman–Crippen LogP) is 3.53. The molecule has 0 bridgehead atoms. The van der Waals surface area contributed by atoms with Crippen molar-refractivity contribution in [3.8, 4) is 0 Å². The third-order valence-corrected chi connectivity index (χ3v) is 2.54. The van der Waals surface area contributed by atoms with Crippen LogP contribution in [0.15, 0.2) is 10.5 Å². The fraction of sp³-hybridized carbons (Fsp3) is 0.167. The quantitative estimate of drug-likeness (QED) is 0.557. The molecule has 1 rings (SSSR count). The van der Waals surface area contributed by atoms with Gasteiger partial charge in [-0.05, 0) is 44.6 Å². The maximum Gasteiger partial charge on any atom is 0.281 e. The highest BCUT2D eigenvalue weighted by Crippen LogP contribution is 2.26. The topological polar surface area (TPSA) is 12.9 Å². The first-order chi connectivity index (χ1) is 5.52. The van der Waals surface area contributed by atoms with Crippen molar-refractivity contribution in [3.63, 3.8) is 0 Å². The molecule has 12 heavy (non-hydrogen) atoms. The van der Waals surface area contributed by atoms with E-state index in [4.69, 9.17) is 0 Å². The molecular weight excluding hydrogens is 350 g/mol. The lowest BCUT2D eigenvalue weighted by molar-refractivity contribution is 0.143. The van der Waals surface area contributed by atoms with Gasteiger partial charge in [-0.25, -0.2) is 13.8 Å². The molecule has 0 saturated carbocycles. The number of aromatic nitrogens is 1. The highest BCUT2D eigenvalue weighted by Gasteiger charge is 2.16. The summed E-state index contributed by atoms with van der Waals surface area (Å²) in [6.45, 7) is 0. The molecule has 0 N–H and O–H groups in total. The van der Waals surface area contributed by atoms with Gasteiger partial charge in [0, 0.05) is 3.57 Å². The number of nitrogens with zero attached hydrogens (tertiary/aromatic N) is 1. The number of hydrogen-bond acceptors (Lipinski definition) is 1. The van der Waals surface area contributed by atoms with Crippen molar-refractivity contribution in [1.82, 2.24) is 4.98 Å². The summed E-state index contributed by atoms with van der Waals surface area (Å²) in [5.41, 5.74) is -0.517. The first kappa shape index (κ1) is 10.2. The van der Waals surface area contributed by atoms with E-state index in [-0.39, 0.29) is 8.04 Å². The third-order valence-electron chi connectivity index (χ3n) is 1.12. The summed E-state index contributed by atoms with van der Waals surface area (Å²) < 4.78 is 37.1. The van der Waals surface area contributed by atoms with E-state index in [2.05, 4.69) is 20.9 Å². The molecule has 0 aromatic carbocycles. The zero-order valence-electron chi connectivity index (χ0n) is 5.49. The molecule has 1 aromatic heterocycles. The van der Waals surface area contributed by atoms with Crippen molar-refractivity contribution >= 4 is 38.5 Å². The Bertz CT molecular complexity index is 305. The molecule has 0 aliphatic heterocycles. The fourth-order valence-electron chi connectivity index (χ4n) is 0.610. The summed E-state index contributed by atoms with van der Waals surface area (Å²) in [5.74, 6) is -0.911. The maximum absolute atomic E-state index is 12.6. The molecule has 0 radical (unpaired) electrons. The molecule has 0 amide bonds. The van der Waals surface area contributed by atoms with Crippen LogP contribution in [-0.2, 0) is 0 Å². The van der Waals surface area contributed by atoms with Crippen LogP contribution in [0.2, 0.25) is 0 Å². The maximum atomic E-state index is 12.6. The van der Waals surface area contributed by atoms with Crippen molar-refractivity contribution in [2.75, 3.05) is 0 Å². The summed E-state index contributed by atoms with van der Waals surface area (Å²) in [4.78, 5) is 3.10. The molecule has 0 aliphatic rings. The minimum absolute atomic E-state index is 0.0938. The molecule has 1 nitrogen and oxygen atoms in total. The minimum Gasteiger partial charge on any atom is -0.217 e. The molecule has 0 spiro atoms. The summed E-state index contributed by atoms with van der Waals surface area (Å²) in [7, 11) is 0. The molecule has 0 fully saturated rings. The van der Waals surface area contributed by atoms with Crippen molar-refractivity contribution in [2.24, 2.45) is 0 Å². The Labute approximate surface area is 88.6 Å². The lowest BCUT2D eigenvalue weighted by Gasteiger charge is -2.02. The molecular formula is C6H2BrF3IN. The van der Waals surface area contributed by atoms with Crippen LogP contribution in [0.1, 0.15) is 12.1 Å². The van der Waals surface area contributed by atoms with Gasteiger partial charge in [-0.1, -0.05) is 0 Å². The van der Waals surface area contributed by atoms with E-state index in [0.29, 0.717) is 0 Å². The number of hydrogen-bond donors (Lipinski definition) is 0. The van der Waals surface area contributed by atoms with E-state index < -0.39 is 18.1 Å². The Morgan fingerprint density at radius 1 is 1.50 bits per heavy atom. The number of alkyl halides is 2. The highest BCUT2D eigenvalue weighted by molar-refractivity contribution is 14.1. The van der Waals surface area contributed by atoms with Crippen LogP contribution in [0.4, 0.5) is 13.2 Å². The van der Waals surface area contributed by atoms with E-state index in [0.717, 1.165) is 0 Å². The van der Waals surface area contributed by atoms with Crippen LogP contribution in [-0.4, -0.2) is 4.98 Å². The third kappa shape index (κ3) is 2.09. The van der Waals surface area contributed by atoms with Gasteiger partial charge in [-0.15, -0.1) is 0 Å². The van der Waals surface area contributed by atoms with Crippen molar-refractivity contribution in [1.29, 1.82) is 0 Å². The smallest absolute Gasteiger partial charge is 0.217 e. The molecule has 0 unspecified atom stereocenters. The zero-order valence-corrected chi connectivity index (χ0v) is 9.24. The van der Waals surface area contributed by atoms with E-state index in [1.165, 1.54) is 6.07 Å². The van der Waals surface area contributed by atoms with Gasteiger partial charge in [0.05, 0.1) is 4.47 Å². The van der Waals surface area contributed by atoms with Crippen LogP contribution >= 0.6 is 38.5 Å². The van der Waals surface area contributed by atoms with Gasteiger partial charge in [0.2, 0.25) is 5.95 Å². The summed E-state index contributed by atoms with van der Waals surface area (Å²) in [6, 6.07) is 1.27. The second-order valence-electron chi connectivity index (χ2n) is 1.93. The van der Waals surface area contributed by atoms with Gasteiger partial charge >= 0.3 is 0 Å². The lowest BCUT2D eigenvalue weighted by atomic mass is 10.4. The highest BCUT2D eigenvalue weighted by atomic mass is 127. The molecule has 6 heteroatoms. The molecule has 0 aliphatic carbocycles. The number of rotatable bonds is 1. The first-order valence-corrected chi connectivity index (χ1v) is 4.69. The average molecular weight is 352 g/mol. The van der Waals surface area contributed by atoms with Crippen LogP contribution in [0, 0.1) is 9.52 Å². The number of halogens is 5. The van der Waals surface area contributed by atoms with Gasteiger partial charge < -0.3 is 0 Å². The summed E-state index contributed by atoms with van der Waals surface area (Å²) >= 11 is 4.52. The Balaban J connectivity index is 3.23. The lowest BCUT2D eigenvalue weighted by Crippen LogP contribution is -1.98. The van der Waals surface area contributed by atoms with Crippen molar-refractivity contribution in [3.05, 3.63) is 25.8 Å². The van der Waals surface area contributed by atoms with Crippen LogP contribution in [0.3, 0.4) is 0 Å². The second kappa shape index (κ2) is 3.91. The van der Waals surface area contributed by atoms with Gasteiger partial charge in [-0.3, -0.25) is 0 Å². The van der Waals surface area contributed by atoms with Gasteiger partial charge in [0.1, 0.15) is 5.69 Å². The molecule has 66 valence electrons. The monoisotopic (exact) mass is 351 g/mol. The zero-order chi connectivity index (χ0) is 9.30. The fourth-order valence-corrected chi connectivity index (χ4v) is 2.02. The van der Waals surface area contributed by atoms with Crippen LogP contribution < -0.4 is 0 Å². The van der Waals surface area contributed by atoms with Crippen LogP contribution in [0.5, 0.6) is 0 Å². The largest absolute Gasteiger partial charge is 0.281 e. The molecule has 1 heterocycles. The Hall–Kier alpha value is 0.150. The number of pyridine rings is 1. The average Bonchev–Trinajstić information content (AvgIpc) is 1.96. The normalized spacial score (nSPS) is 10.8. The SMILES string of the molecule is Fc1nc(C(F)F)c(I)cc1Br. The van der Waals surface area contributed by atoms with Gasteiger partial charge in [-0.2, -0.15) is 4.39 Å². The Morgan fingerprint density at radius 3 is 2.58 bits per heavy atom. The van der Waals surface area contributed by atoms with E-state index in [9.17, 15) is 13.2 Å². The van der Waals surface area contributed by atoms with Crippen molar-refractivity contribution < 1.29 is 13.2 Å². The van der Waals surface area contributed by atoms with E-state index in [1.54, 1.807) is 22.6 Å². The Kier molecular flexibility index (Phi) is 3.33. The van der Waals surface area contributed by atoms with Gasteiger partial charge in [0.25, 0.3) is 6.43 Å². The molecule has 1 aromatic rings. The van der Waals surface area contributed by atoms with Gasteiger partial charge in [0.15, 0.2) is 0 Å². The standard InChI is InChI=1S/C6H2BrF3IN/c7-2-1-3(11)4(5(8)9)12-6(2)10/h1,5H. The Morgan fingerprint density at radius 2 is 2.08 bits per heavy atom.